The van der Waals surface area contributed by atoms with E-state index in [0.717, 1.165) is 5.56 Å². The highest BCUT2D eigenvalue weighted by Gasteiger charge is 2.17. The van der Waals surface area contributed by atoms with E-state index in [9.17, 15) is 10.1 Å². The average Bonchev–Trinajstić information content (AvgIpc) is 2.08. The highest BCUT2D eigenvalue weighted by molar-refractivity contribution is 6.31. The maximum absolute atomic E-state index is 10.7. The zero-order valence-corrected chi connectivity index (χ0v) is 9.00. The van der Waals surface area contributed by atoms with Crippen molar-refractivity contribution in [1.82, 2.24) is 0 Å². The molecular formula is C9H11ClN2O2. The number of anilines is 1. The molecule has 0 aliphatic carbocycles. The van der Waals surface area contributed by atoms with Gasteiger partial charge < -0.3 is 4.90 Å². The Morgan fingerprint density at radius 1 is 1.43 bits per heavy atom. The second-order valence-corrected chi connectivity index (χ2v) is 3.65. The van der Waals surface area contributed by atoms with Gasteiger partial charge >= 0.3 is 0 Å². The van der Waals surface area contributed by atoms with Crippen molar-refractivity contribution in [2.24, 2.45) is 0 Å². The van der Waals surface area contributed by atoms with Gasteiger partial charge in [-0.2, -0.15) is 0 Å². The molecule has 0 saturated heterocycles. The summed E-state index contributed by atoms with van der Waals surface area (Å²) >= 11 is 5.81. The molecule has 0 heterocycles. The molecule has 1 rings (SSSR count). The van der Waals surface area contributed by atoms with Crippen LogP contribution in [-0.2, 0) is 0 Å². The molecule has 0 fully saturated rings. The first-order valence-corrected chi connectivity index (χ1v) is 4.43. The van der Waals surface area contributed by atoms with Gasteiger partial charge in [0.25, 0.3) is 5.69 Å². The summed E-state index contributed by atoms with van der Waals surface area (Å²) in [6.07, 6.45) is 0. The van der Waals surface area contributed by atoms with E-state index in [0.29, 0.717) is 10.7 Å². The molecule has 5 heteroatoms. The lowest BCUT2D eigenvalue weighted by Gasteiger charge is -2.13. The van der Waals surface area contributed by atoms with Crippen molar-refractivity contribution >= 4 is 23.0 Å². The topological polar surface area (TPSA) is 46.4 Å². The smallest absolute Gasteiger partial charge is 0.294 e. The van der Waals surface area contributed by atoms with E-state index in [1.165, 1.54) is 6.07 Å². The summed E-state index contributed by atoms with van der Waals surface area (Å²) in [6, 6.07) is 3.09. The SMILES string of the molecule is Cc1cc(N(C)C)c([N+](=O)[O-])cc1Cl. The van der Waals surface area contributed by atoms with Crippen molar-refractivity contribution < 1.29 is 4.92 Å². The van der Waals surface area contributed by atoms with Crippen LogP contribution in [0.15, 0.2) is 12.1 Å². The molecule has 1 aromatic rings. The zero-order chi connectivity index (χ0) is 10.9. The van der Waals surface area contributed by atoms with E-state index in [2.05, 4.69) is 0 Å². The Hall–Kier alpha value is -1.29. The normalized spacial score (nSPS) is 10.0. The first kappa shape index (κ1) is 10.8. The first-order chi connectivity index (χ1) is 6.43. The summed E-state index contributed by atoms with van der Waals surface area (Å²) in [7, 11) is 3.52. The van der Waals surface area contributed by atoms with Gasteiger partial charge in [0.05, 0.1) is 9.95 Å². The van der Waals surface area contributed by atoms with Gasteiger partial charge in [0.1, 0.15) is 5.69 Å². The molecule has 0 spiro atoms. The Morgan fingerprint density at radius 2 is 2.00 bits per heavy atom. The van der Waals surface area contributed by atoms with Gasteiger partial charge in [0.15, 0.2) is 0 Å². The third-order valence-corrected chi connectivity index (χ3v) is 2.34. The number of benzene rings is 1. The van der Waals surface area contributed by atoms with E-state index in [1.807, 2.05) is 6.92 Å². The molecule has 0 saturated carbocycles. The van der Waals surface area contributed by atoms with Crippen molar-refractivity contribution in [2.45, 2.75) is 6.92 Å². The molecule has 0 aromatic heterocycles. The molecule has 0 amide bonds. The van der Waals surface area contributed by atoms with Crippen LogP contribution in [-0.4, -0.2) is 19.0 Å². The Morgan fingerprint density at radius 3 is 2.43 bits per heavy atom. The average molecular weight is 215 g/mol. The van der Waals surface area contributed by atoms with Crippen LogP contribution in [0.1, 0.15) is 5.56 Å². The maximum atomic E-state index is 10.7. The van der Waals surface area contributed by atoms with Crippen LogP contribution < -0.4 is 4.90 Å². The van der Waals surface area contributed by atoms with Crippen molar-refractivity contribution in [2.75, 3.05) is 19.0 Å². The molecule has 1 aromatic carbocycles. The molecular weight excluding hydrogens is 204 g/mol. The van der Waals surface area contributed by atoms with E-state index in [-0.39, 0.29) is 5.69 Å². The van der Waals surface area contributed by atoms with Crippen molar-refractivity contribution in [3.8, 4) is 0 Å². The van der Waals surface area contributed by atoms with Crippen molar-refractivity contribution in [1.29, 1.82) is 0 Å². The third-order valence-electron chi connectivity index (χ3n) is 1.93. The number of nitro groups is 1. The Labute approximate surface area is 87.2 Å². The van der Waals surface area contributed by atoms with Crippen LogP contribution in [0.5, 0.6) is 0 Å². The van der Waals surface area contributed by atoms with E-state index < -0.39 is 4.92 Å². The summed E-state index contributed by atoms with van der Waals surface area (Å²) < 4.78 is 0. The highest BCUT2D eigenvalue weighted by atomic mass is 35.5. The summed E-state index contributed by atoms with van der Waals surface area (Å²) in [5.74, 6) is 0. The second kappa shape index (κ2) is 3.84. The highest BCUT2D eigenvalue weighted by Crippen LogP contribution is 2.32. The molecule has 4 nitrogen and oxygen atoms in total. The number of halogens is 1. The third kappa shape index (κ3) is 1.96. The van der Waals surface area contributed by atoms with Gasteiger partial charge in [-0.15, -0.1) is 0 Å². The number of hydrogen-bond donors (Lipinski definition) is 0. The lowest BCUT2D eigenvalue weighted by molar-refractivity contribution is -0.384. The Bertz CT molecular complexity index is 377. The summed E-state index contributed by atoms with van der Waals surface area (Å²) in [5, 5.41) is 11.1. The van der Waals surface area contributed by atoms with Gasteiger partial charge in [-0.05, 0) is 18.6 Å². The quantitative estimate of drug-likeness (QED) is 0.562. The molecule has 76 valence electrons. The number of nitrogens with zero attached hydrogens (tertiary/aromatic N) is 2. The van der Waals surface area contributed by atoms with Gasteiger partial charge in [-0.1, -0.05) is 11.6 Å². The Balaban J connectivity index is 3.39. The fourth-order valence-electron chi connectivity index (χ4n) is 1.16. The molecule has 0 unspecified atom stereocenters. The largest absolute Gasteiger partial charge is 0.372 e. The number of aryl methyl sites for hydroxylation is 1. The maximum Gasteiger partial charge on any atom is 0.294 e. The van der Waals surface area contributed by atoms with E-state index >= 15 is 0 Å². The van der Waals surface area contributed by atoms with Crippen molar-refractivity contribution in [3.05, 3.63) is 32.8 Å². The molecule has 0 aliphatic heterocycles. The van der Waals surface area contributed by atoms with Gasteiger partial charge in [-0.25, -0.2) is 0 Å². The minimum Gasteiger partial charge on any atom is -0.372 e. The standard InChI is InChI=1S/C9H11ClN2O2/c1-6-4-8(11(2)3)9(12(13)14)5-7(6)10/h4-5H,1-3H3. The van der Waals surface area contributed by atoms with Gasteiger partial charge in [-0.3, -0.25) is 10.1 Å². The monoisotopic (exact) mass is 214 g/mol. The predicted octanol–water partition coefficient (Wildman–Crippen LogP) is 2.62. The number of rotatable bonds is 2. The van der Waals surface area contributed by atoms with Crippen LogP contribution in [0, 0.1) is 17.0 Å². The minimum absolute atomic E-state index is 0.0330. The van der Waals surface area contributed by atoms with Crippen LogP contribution in [0.25, 0.3) is 0 Å². The molecule has 0 N–H and O–H groups in total. The minimum atomic E-state index is -0.430. The van der Waals surface area contributed by atoms with E-state index in [1.54, 1.807) is 25.1 Å². The van der Waals surface area contributed by atoms with Crippen LogP contribution >= 0.6 is 11.6 Å². The molecule has 0 bridgehead atoms. The molecule has 0 radical (unpaired) electrons. The predicted molar refractivity (Wildman–Crippen MR) is 57.2 cm³/mol. The Kier molecular flexibility index (Phi) is 2.96. The fraction of sp³-hybridized carbons (Fsp3) is 0.333. The lowest BCUT2D eigenvalue weighted by atomic mass is 10.2. The summed E-state index contributed by atoms with van der Waals surface area (Å²) in [6.45, 7) is 1.82. The van der Waals surface area contributed by atoms with Gasteiger partial charge in [0, 0.05) is 20.2 Å². The lowest BCUT2D eigenvalue weighted by Crippen LogP contribution is -2.11. The molecule has 0 atom stereocenters. The van der Waals surface area contributed by atoms with Crippen LogP contribution in [0.4, 0.5) is 11.4 Å². The van der Waals surface area contributed by atoms with Gasteiger partial charge in [0.2, 0.25) is 0 Å². The van der Waals surface area contributed by atoms with Crippen LogP contribution in [0.2, 0.25) is 5.02 Å². The zero-order valence-electron chi connectivity index (χ0n) is 8.24. The fourth-order valence-corrected chi connectivity index (χ4v) is 1.32. The van der Waals surface area contributed by atoms with Crippen molar-refractivity contribution in [3.63, 3.8) is 0 Å². The first-order valence-electron chi connectivity index (χ1n) is 4.05. The van der Waals surface area contributed by atoms with Crippen LogP contribution in [0.3, 0.4) is 0 Å². The summed E-state index contributed by atoms with van der Waals surface area (Å²) in [4.78, 5) is 12.0. The molecule has 14 heavy (non-hydrogen) atoms. The van der Waals surface area contributed by atoms with E-state index in [4.69, 9.17) is 11.6 Å². The molecule has 0 aliphatic rings. The number of hydrogen-bond acceptors (Lipinski definition) is 3. The second-order valence-electron chi connectivity index (χ2n) is 3.24. The number of nitro benzene ring substituents is 1. The summed E-state index contributed by atoms with van der Waals surface area (Å²) in [5.41, 5.74) is 1.43.